The van der Waals surface area contributed by atoms with E-state index in [0.29, 0.717) is 12.6 Å². The summed E-state index contributed by atoms with van der Waals surface area (Å²) in [4.78, 5) is 2.25. The number of aliphatic hydroxyl groups is 1. The molecule has 1 saturated carbocycles. The van der Waals surface area contributed by atoms with Crippen LogP contribution in [-0.4, -0.2) is 55.5 Å². The summed E-state index contributed by atoms with van der Waals surface area (Å²) in [5.41, 5.74) is 6.02. The number of hydrogen-bond acceptors (Lipinski definition) is 4. The van der Waals surface area contributed by atoms with Crippen molar-refractivity contribution in [3.05, 3.63) is 0 Å². The maximum absolute atomic E-state index is 9.45. The van der Waals surface area contributed by atoms with Crippen LogP contribution in [0.4, 0.5) is 0 Å². The van der Waals surface area contributed by atoms with Gasteiger partial charge in [-0.2, -0.15) is 0 Å². The van der Waals surface area contributed by atoms with Gasteiger partial charge in [0.2, 0.25) is 0 Å². The molecular formula is C12H26N2O2. The minimum absolute atomic E-state index is 0.0167. The van der Waals surface area contributed by atoms with Crippen molar-refractivity contribution in [1.29, 1.82) is 0 Å². The molecular weight excluding hydrogens is 204 g/mol. The van der Waals surface area contributed by atoms with Crippen molar-refractivity contribution in [2.75, 3.05) is 27.4 Å². The van der Waals surface area contributed by atoms with Crippen LogP contribution in [-0.2, 0) is 4.74 Å². The van der Waals surface area contributed by atoms with E-state index in [2.05, 4.69) is 11.9 Å². The summed E-state index contributed by atoms with van der Waals surface area (Å²) in [6, 6.07) is 0.485. The van der Waals surface area contributed by atoms with Crippen molar-refractivity contribution in [2.45, 2.75) is 50.2 Å². The number of hydrogen-bond donors (Lipinski definition) is 2. The van der Waals surface area contributed by atoms with Gasteiger partial charge < -0.3 is 15.6 Å². The Bertz CT molecular complexity index is 184. The summed E-state index contributed by atoms with van der Waals surface area (Å²) >= 11 is 0. The minimum Gasteiger partial charge on any atom is -0.395 e. The lowest BCUT2D eigenvalue weighted by Crippen LogP contribution is -2.54. The maximum atomic E-state index is 9.45. The Labute approximate surface area is 98.8 Å². The van der Waals surface area contributed by atoms with Crippen LogP contribution < -0.4 is 5.73 Å². The number of nitrogens with zero attached hydrogens (tertiary/aromatic N) is 1. The van der Waals surface area contributed by atoms with Crippen molar-refractivity contribution in [3.8, 4) is 0 Å². The number of ether oxygens (including phenoxy) is 1. The van der Waals surface area contributed by atoms with Gasteiger partial charge in [-0.1, -0.05) is 19.3 Å². The van der Waals surface area contributed by atoms with Gasteiger partial charge in [0.05, 0.1) is 19.3 Å². The predicted octanol–water partition coefficient (Wildman–Crippen LogP) is 0.586. The summed E-state index contributed by atoms with van der Waals surface area (Å²) < 4.78 is 5.06. The molecule has 2 unspecified atom stereocenters. The molecule has 1 aliphatic carbocycles. The Kier molecular flexibility index (Phi) is 6.28. The normalized spacial score (nSPS) is 22.3. The SMILES string of the molecule is COCC(N)C(CO)N(C)C1CCCCC1. The molecule has 0 spiro atoms. The first-order valence-corrected chi connectivity index (χ1v) is 6.28. The number of rotatable bonds is 6. The molecule has 16 heavy (non-hydrogen) atoms. The fourth-order valence-corrected chi connectivity index (χ4v) is 2.63. The summed E-state index contributed by atoms with van der Waals surface area (Å²) in [6.45, 7) is 0.611. The molecule has 96 valence electrons. The van der Waals surface area contributed by atoms with Crippen molar-refractivity contribution in [2.24, 2.45) is 5.73 Å². The molecule has 1 aliphatic rings. The van der Waals surface area contributed by atoms with Crippen molar-refractivity contribution >= 4 is 0 Å². The molecule has 0 bridgehead atoms. The number of methoxy groups -OCH3 is 1. The zero-order valence-electron chi connectivity index (χ0n) is 10.6. The molecule has 1 rings (SSSR count). The van der Waals surface area contributed by atoms with Crippen molar-refractivity contribution in [3.63, 3.8) is 0 Å². The minimum atomic E-state index is -0.109. The first-order chi connectivity index (χ1) is 7.70. The standard InChI is InChI=1S/C12H26N2O2/c1-14(10-6-4-3-5-7-10)12(8-15)11(13)9-16-2/h10-12,15H,3-9,13H2,1-2H3. The van der Waals surface area contributed by atoms with Crippen LogP contribution in [0.5, 0.6) is 0 Å². The average molecular weight is 230 g/mol. The Hall–Kier alpha value is -0.160. The van der Waals surface area contributed by atoms with Crippen LogP contribution in [0.2, 0.25) is 0 Å². The molecule has 4 heteroatoms. The third-order valence-electron chi connectivity index (χ3n) is 3.71. The lowest BCUT2D eigenvalue weighted by molar-refractivity contribution is 0.0501. The molecule has 0 saturated heterocycles. The van der Waals surface area contributed by atoms with Gasteiger partial charge in [0.15, 0.2) is 0 Å². The third-order valence-corrected chi connectivity index (χ3v) is 3.71. The van der Waals surface area contributed by atoms with E-state index in [9.17, 15) is 5.11 Å². The van der Waals surface area contributed by atoms with Crippen molar-refractivity contribution < 1.29 is 9.84 Å². The molecule has 0 aromatic rings. The molecule has 0 aromatic heterocycles. The number of aliphatic hydroxyl groups excluding tert-OH is 1. The van der Waals surface area contributed by atoms with Crippen LogP contribution in [0.15, 0.2) is 0 Å². The fourth-order valence-electron chi connectivity index (χ4n) is 2.63. The maximum Gasteiger partial charge on any atom is 0.0629 e. The van der Waals surface area contributed by atoms with E-state index in [0.717, 1.165) is 0 Å². The summed E-state index contributed by atoms with van der Waals surface area (Å²) in [7, 11) is 3.72. The molecule has 0 amide bonds. The monoisotopic (exact) mass is 230 g/mol. The first-order valence-electron chi connectivity index (χ1n) is 6.28. The highest BCUT2D eigenvalue weighted by molar-refractivity contribution is 4.85. The Morgan fingerprint density at radius 2 is 2.00 bits per heavy atom. The predicted molar refractivity (Wildman–Crippen MR) is 65.4 cm³/mol. The summed E-state index contributed by atoms with van der Waals surface area (Å²) in [5, 5.41) is 9.45. The van der Waals surface area contributed by atoms with E-state index in [1.165, 1.54) is 32.1 Å². The van der Waals surface area contributed by atoms with E-state index >= 15 is 0 Å². The zero-order valence-corrected chi connectivity index (χ0v) is 10.6. The first kappa shape index (κ1) is 13.9. The highest BCUT2D eigenvalue weighted by atomic mass is 16.5. The number of likely N-dealkylation sites (N-methyl/N-ethyl adjacent to an activating group) is 1. The van der Waals surface area contributed by atoms with Crippen LogP contribution in [0, 0.1) is 0 Å². The Morgan fingerprint density at radius 3 is 2.50 bits per heavy atom. The van der Waals surface area contributed by atoms with E-state index in [1.54, 1.807) is 7.11 Å². The molecule has 0 aliphatic heterocycles. The van der Waals surface area contributed by atoms with Crippen LogP contribution in [0.25, 0.3) is 0 Å². The molecule has 0 aromatic carbocycles. The topological polar surface area (TPSA) is 58.7 Å². The third kappa shape index (κ3) is 3.70. The van der Waals surface area contributed by atoms with Gasteiger partial charge in [-0.3, -0.25) is 4.90 Å². The highest BCUT2D eigenvalue weighted by Crippen LogP contribution is 2.23. The van der Waals surface area contributed by atoms with Gasteiger partial charge in [0, 0.05) is 19.2 Å². The molecule has 3 N–H and O–H groups in total. The Morgan fingerprint density at radius 1 is 1.38 bits per heavy atom. The van der Waals surface area contributed by atoms with Gasteiger partial charge in [-0.15, -0.1) is 0 Å². The second-order valence-electron chi connectivity index (χ2n) is 4.83. The quantitative estimate of drug-likeness (QED) is 0.701. The van der Waals surface area contributed by atoms with Gasteiger partial charge in [0.1, 0.15) is 0 Å². The van der Waals surface area contributed by atoms with Crippen LogP contribution in [0.1, 0.15) is 32.1 Å². The molecule has 0 heterocycles. The van der Waals surface area contributed by atoms with Crippen molar-refractivity contribution in [1.82, 2.24) is 4.90 Å². The van der Waals surface area contributed by atoms with Gasteiger partial charge in [0.25, 0.3) is 0 Å². The smallest absolute Gasteiger partial charge is 0.0629 e. The highest BCUT2D eigenvalue weighted by Gasteiger charge is 2.27. The van der Waals surface area contributed by atoms with Crippen LogP contribution in [0.3, 0.4) is 0 Å². The lowest BCUT2D eigenvalue weighted by atomic mass is 9.92. The fraction of sp³-hybridized carbons (Fsp3) is 1.00. The Balaban J connectivity index is 2.49. The van der Waals surface area contributed by atoms with Gasteiger partial charge in [-0.25, -0.2) is 0 Å². The second kappa shape index (κ2) is 7.22. The lowest BCUT2D eigenvalue weighted by Gasteiger charge is -2.38. The summed E-state index contributed by atoms with van der Waals surface area (Å²) in [5.74, 6) is 0. The van der Waals surface area contributed by atoms with E-state index < -0.39 is 0 Å². The second-order valence-corrected chi connectivity index (χ2v) is 4.83. The van der Waals surface area contributed by atoms with Gasteiger partial charge >= 0.3 is 0 Å². The molecule has 1 fully saturated rings. The average Bonchev–Trinajstić information content (AvgIpc) is 2.31. The summed E-state index contributed by atoms with van der Waals surface area (Å²) in [6.07, 6.45) is 6.40. The largest absolute Gasteiger partial charge is 0.395 e. The number of nitrogens with two attached hydrogens (primary N) is 1. The van der Waals surface area contributed by atoms with Crippen LogP contribution >= 0.6 is 0 Å². The molecule has 2 atom stereocenters. The molecule has 0 radical (unpaired) electrons. The van der Waals surface area contributed by atoms with Gasteiger partial charge in [-0.05, 0) is 19.9 Å². The molecule has 4 nitrogen and oxygen atoms in total. The van der Waals surface area contributed by atoms with E-state index in [4.69, 9.17) is 10.5 Å². The van der Waals surface area contributed by atoms with E-state index in [-0.39, 0.29) is 18.7 Å². The van der Waals surface area contributed by atoms with E-state index in [1.807, 2.05) is 0 Å². The zero-order chi connectivity index (χ0) is 12.0.